The Balaban J connectivity index is 1.79. The van der Waals surface area contributed by atoms with Crippen LogP contribution in [-0.4, -0.2) is 0 Å². The van der Waals surface area contributed by atoms with E-state index in [1.165, 1.54) is 22.4 Å². The predicted octanol–water partition coefficient (Wildman–Crippen LogP) is 5.13. The summed E-state index contributed by atoms with van der Waals surface area (Å²) >= 11 is 7.91. The fourth-order valence-electron chi connectivity index (χ4n) is 2.89. The number of rotatable bonds is 4. The zero-order valence-corrected chi connectivity index (χ0v) is 12.6. The van der Waals surface area contributed by atoms with Crippen molar-refractivity contribution in [1.29, 1.82) is 0 Å². The lowest BCUT2D eigenvalue weighted by atomic mass is 10.1. The van der Waals surface area contributed by atoms with Crippen molar-refractivity contribution in [3.05, 3.63) is 56.7 Å². The van der Waals surface area contributed by atoms with E-state index in [9.17, 15) is 0 Å². The Labute approximate surface area is 123 Å². The highest BCUT2D eigenvalue weighted by Gasteiger charge is 2.25. The number of fused-ring (bicyclic) bond motifs is 1. The second kappa shape index (κ2) is 5.66. The van der Waals surface area contributed by atoms with Gasteiger partial charge in [0.2, 0.25) is 0 Å². The summed E-state index contributed by atoms with van der Waals surface area (Å²) in [6.07, 6.45) is 3.44. The molecular formula is C16H18ClNS. The van der Waals surface area contributed by atoms with E-state index in [0.29, 0.717) is 12.1 Å². The van der Waals surface area contributed by atoms with Gasteiger partial charge in [0.1, 0.15) is 0 Å². The van der Waals surface area contributed by atoms with Crippen molar-refractivity contribution in [3.8, 4) is 0 Å². The first-order chi connectivity index (χ1) is 9.28. The average Bonchev–Trinajstić information content (AvgIpc) is 3.05. The molecule has 2 aromatic rings. The highest BCUT2D eigenvalue weighted by molar-refractivity contribution is 7.10. The molecule has 1 N–H and O–H groups in total. The molecule has 0 saturated carbocycles. The number of hydrogen-bond acceptors (Lipinski definition) is 2. The molecule has 0 amide bonds. The van der Waals surface area contributed by atoms with Crippen LogP contribution < -0.4 is 5.32 Å². The van der Waals surface area contributed by atoms with Crippen LogP contribution in [0.5, 0.6) is 0 Å². The maximum atomic E-state index is 6.07. The van der Waals surface area contributed by atoms with E-state index < -0.39 is 0 Å². The number of nitrogens with one attached hydrogen (secondary N) is 1. The number of thiophene rings is 1. The normalized spacial score (nSPS) is 19.4. The van der Waals surface area contributed by atoms with Gasteiger partial charge in [0.25, 0.3) is 0 Å². The molecule has 0 bridgehead atoms. The van der Waals surface area contributed by atoms with Gasteiger partial charge in [-0.3, -0.25) is 0 Å². The summed E-state index contributed by atoms with van der Waals surface area (Å²) in [5.41, 5.74) is 2.84. The first kappa shape index (κ1) is 13.2. The minimum Gasteiger partial charge on any atom is -0.302 e. The maximum Gasteiger partial charge on any atom is 0.0417 e. The zero-order chi connectivity index (χ0) is 13.2. The van der Waals surface area contributed by atoms with Crippen LogP contribution in [0.3, 0.4) is 0 Å². The molecule has 0 spiro atoms. The van der Waals surface area contributed by atoms with Crippen LogP contribution in [0.25, 0.3) is 0 Å². The van der Waals surface area contributed by atoms with Crippen LogP contribution in [0.2, 0.25) is 5.02 Å². The summed E-state index contributed by atoms with van der Waals surface area (Å²) in [6, 6.07) is 11.6. The predicted molar refractivity (Wildman–Crippen MR) is 83.0 cm³/mol. The lowest BCUT2D eigenvalue weighted by Gasteiger charge is -2.22. The fraction of sp³-hybridized carbons (Fsp3) is 0.375. The van der Waals surface area contributed by atoms with Gasteiger partial charge in [-0.1, -0.05) is 30.7 Å². The first-order valence-corrected chi connectivity index (χ1v) is 8.11. The summed E-state index contributed by atoms with van der Waals surface area (Å²) in [6.45, 7) is 2.25. The van der Waals surface area contributed by atoms with Crippen molar-refractivity contribution in [2.24, 2.45) is 0 Å². The Hall–Kier alpha value is -0.830. The smallest absolute Gasteiger partial charge is 0.0417 e. The monoisotopic (exact) mass is 291 g/mol. The van der Waals surface area contributed by atoms with Crippen LogP contribution in [0.4, 0.5) is 0 Å². The summed E-state index contributed by atoms with van der Waals surface area (Å²) < 4.78 is 0. The molecule has 3 rings (SSSR count). The van der Waals surface area contributed by atoms with Gasteiger partial charge in [-0.25, -0.2) is 0 Å². The number of aryl methyl sites for hydroxylation is 1. The van der Waals surface area contributed by atoms with E-state index in [1.807, 2.05) is 17.4 Å². The third kappa shape index (κ3) is 2.71. The highest BCUT2D eigenvalue weighted by Crippen LogP contribution is 2.35. The lowest BCUT2D eigenvalue weighted by molar-refractivity contribution is 0.438. The van der Waals surface area contributed by atoms with Gasteiger partial charge in [-0.15, -0.1) is 11.3 Å². The highest BCUT2D eigenvalue weighted by atomic mass is 35.5. The van der Waals surface area contributed by atoms with Gasteiger partial charge in [-0.2, -0.15) is 0 Å². The van der Waals surface area contributed by atoms with Crippen molar-refractivity contribution >= 4 is 22.9 Å². The van der Waals surface area contributed by atoms with Gasteiger partial charge < -0.3 is 5.32 Å². The van der Waals surface area contributed by atoms with Gasteiger partial charge in [0.15, 0.2) is 0 Å². The van der Waals surface area contributed by atoms with Crippen molar-refractivity contribution < 1.29 is 0 Å². The Bertz CT molecular complexity index is 550. The van der Waals surface area contributed by atoms with Crippen molar-refractivity contribution in [1.82, 2.24) is 5.32 Å². The largest absolute Gasteiger partial charge is 0.302 e. The van der Waals surface area contributed by atoms with E-state index in [4.69, 9.17) is 11.6 Å². The molecule has 1 aromatic carbocycles. The molecule has 19 heavy (non-hydrogen) atoms. The second-order valence-electron chi connectivity index (χ2n) is 5.08. The van der Waals surface area contributed by atoms with Gasteiger partial charge in [0.05, 0.1) is 0 Å². The molecule has 3 heteroatoms. The van der Waals surface area contributed by atoms with Crippen LogP contribution in [-0.2, 0) is 6.42 Å². The fourth-order valence-corrected chi connectivity index (χ4v) is 3.96. The minimum atomic E-state index is 0.464. The Morgan fingerprint density at radius 3 is 3.05 bits per heavy atom. The lowest BCUT2D eigenvalue weighted by Crippen LogP contribution is -2.24. The van der Waals surface area contributed by atoms with E-state index in [2.05, 4.69) is 41.9 Å². The summed E-state index contributed by atoms with van der Waals surface area (Å²) in [5, 5.41) is 6.82. The van der Waals surface area contributed by atoms with Gasteiger partial charge in [0, 0.05) is 22.0 Å². The molecular weight excluding hydrogens is 274 g/mol. The molecule has 0 aliphatic heterocycles. The van der Waals surface area contributed by atoms with Crippen LogP contribution >= 0.6 is 22.9 Å². The molecule has 0 fully saturated rings. The molecule has 2 atom stereocenters. The Morgan fingerprint density at radius 2 is 2.32 bits per heavy atom. The first-order valence-electron chi connectivity index (χ1n) is 6.85. The molecule has 2 unspecified atom stereocenters. The molecule has 100 valence electrons. The minimum absolute atomic E-state index is 0.464. The molecule has 1 aliphatic carbocycles. The van der Waals surface area contributed by atoms with E-state index in [0.717, 1.165) is 17.9 Å². The van der Waals surface area contributed by atoms with Crippen molar-refractivity contribution in [3.63, 3.8) is 0 Å². The third-order valence-corrected chi connectivity index (χ3v) is 5.10. The zero-order valence-electron chi connectivity index (χ0n) is 11.0. The van der Waals surface area contributed by atoms with E-state index in [-0.39, 0.29) is 0 Å². The number of halogens is 1. The van der Waals surface area contributed by atoms with Gasteiger partial charge in [-0.05, 0) is 54.0 Å². The Kier molecular flexibility index (Phi) is 3.92. The van der Waals surface area contributed by atoms with Crippen LogP contribution in [0.15, 0.2) is 35.7 Å². The van der Waals surface area contributed by atoms with Crippen molar-refractivity contribution in [2.45, 2.75) is 38.3 Å². The molecule has 0 saturated heterocycles. The van der Waals surface area contributed by atoms with Crippen LogP contribution in [0.1, 0.15) is 47.9 Å². The molecule has 1 aromatic heterocycles. The number of hydrogen-bond donors (Lipinski definition) is 1. The third-order valence-electron chi connectivity index (χ3n) is 3.88. The molecule has 0 radical (unpaired) electrons. The summed E-state index contributed by atoms with van der Waals surface area (Å²) in [7, 11) is 0. The summed E-state index contributed by atoms with van der Waals surface area (Å²) in [5.74, 6) is 0. The maximum absolute atomic E-state index is 6.07. The average molecular weight is 292 g/mol. The Morgan fingerprint density at radius 1 is 1.42 bits per heavy atom. The van der Waals surface area contributed by atoms with Gasteiger partial charge >= 0.3 is 0 Å². The van der Waals surface area contributed by atoms with E-state index in [1.54, 1.807) is 0 Å². The van der Waals surface area contributed by atoms with E-state index >= 15 is 0 Å². The van der Waals surface area contributed by atoms with Crippen molar-refractivity contribution in [2.75, 3.05) is 0 Å². The summed E-state index contributed by atoms with van der Waals surface area (Å²) in [4.78, 5) is 1.44. The molecule has 1 aliphatic rings. The molecule has 1 nitrogen and oxygen atoms in total. The number of benzene rings is 1. The SMILES string of the molecule is CCC(NC1CCc2cc(Cl)ccc21)c1cccs1. The molecule has 1 heterocycles. The quantitative estimate of drug-likeness (QED) is 0.823. The second-order valence-corrected chi connectivity index (χ2v) is 6.49. The topological polar surface area (TPSA) is 12.0 Å². The standard InChI is InChI=1S/C16H18ClNS/c1-2-14(16-4-3-9-19-16)18-15-8-5-11-10-12(17)6-7-13(11)15/h3-4,6-7,9-10,14-15,18H,2,5,8H2,1H3. The van der Waals surface area contributed by atoms with Crippen LogP contribution in [0, 0.1) is 0 Å².